The van der Waals surface area contributed by atoms with Gasteiger partial charge >= 0.3 is 6.03 Å². The summed E-state index contributed by atoms with van der Waals surface area (Å²) >= 11 is 0. The number of benzene rings is 1. The number of amides is 2. The number of carbonyl (C=O) groups excluding carboxylic acids is 1. The van der Waals surface area contributed by atoms with Crippen LogP contribution in [0.25, 0.3) is 0 Å². The van der Waals surface area contributed by atoms with Gasteiger partial charge in [0.05, 0.1) is 6.10 Å². The van der Waals surface area contributed by atoms with E-state index in [1.165, 1.54) is 5.69 Å². The molecule has 1 aliphatic heterocycles. The van der Waals surface area contributed by atoms with E-state index in [0.29, 0.717) is 6.54 Å². The third-order valence-corrected chi connectivity index (χ3v) is 5.67. The van der Waals surface area contributed by atoms with Crippen molar-refractivity contribution in [3.05, 3.63) is 30.3 Å². The predicted molar refractivity (Wildman–Crippen MR) is 101 cm³/mol. The Hall–Kier alpha value is -1.75. The molecule has 1 saturated carbocycles. The molecule has 2 fully saturated rings. The molecular weight excluding hydrogens is 314 g/mol. The first-order valence-corrected chi connectivity index (χ1v) is 9.63. The van der Waals surface area contributed by atoms with E-state index >= 15 is 0 Å². The van der Waals surface area contributed by atoms with Crippen LogP contribution in [0.2, 0.25) is 0 Å². The van der Waals surface area contributed by atoms with Crippen LogP contribution in [-0.4, -0.2) is 54.9 Å². The van der Waals surface area contributed by atoms with E-state index in [1.807, 2.05) is 13.1 Å². The summed E-state index contributed by atoms with van der Waals surface area (Å²) in [5, 5.41) is 13.3. The van der Waals surface area contributed by atoms with Gasteiger partial charge in [-0.05, 0) is 37.8 Å². The molecular formula is C20H31N3O2. The number of carbonyl (C=O) groups is 1. The molecule has 1 saturated heterocycles. The summed E-state index contributed by atoms with van der Waals surface area (Å²) in [6, 6.07) is 10.7. The highest BCUT2D eigenvalue weighted by Crippen LogP contribution is 2.25. The highest BCUT2D eigenvalue weighted by molar-refractivity contribution is 5.74. The van der Waals surface area contributed by atoms with Crippen LogP contribution in [0.3, 0.4) is 0 Å². The molecule has 0 spiro atoms. The van der Waals surface area contributed by atoms with Gasteiger partial charge in [-0.3, -0.25) is 0 Å². The second kappa shape index (κ2) is 8.56. The molecule has 1 aliphatic carbocycles. The standard InChI is InChI=1S/C20H31N3O2/c1-22(15-16-7-5-6-10-19(16)24)20(25)21-17-11-13-23(14-12-17)18-8-3-2-4-9-18/h2-4,8-9,16-17,19,24H,5-7,10-15H2,1H3,(H,21,25)/t16-,19-/m0/s1. The quantitative estimate of drug-likeness (QED) is 0.882. The fourth-order valence-corrected chi connectivity index (χ4v) is 4.04. The van der Waals surface area contributed by atoms with Crippen molar-refractivity contribution in [2.24, 2.45) is 5.92 Å². The fourth-order valence-electron chi connectivity index (χ4n) is 4.04. The maximum atomic E-state index is 12.5. The van der Waals surface area contributed by atoms with Crippen molar-refractivity contribution >= 4 is 11.7 Å². The van der Waals surface area contributed by atoms with Crippen LogP contribution in [0, 0.1) is 5.92 Å². The first-order chi connectivity index (χ1) is 12.1. The number of aliphatic hydroxyl groups is 1. The molecule has 0 unspecified atom stereocenters. The Kier molecular flexibility index (Phi) is 6.19. The Balaban J connectivity index is 1.42. The summed E-state index contributed by atoms with van der Waals surface area (Å²) in [6.07, 6.45) is 5.86. The van der Waals surface area contributed by atoms with Crippen LogP contribution in [-0.2, 0) is 0 Å². The number of piperidine rings is 1. The molecule has 5 nitrogen and oxygen atoms in total. The number of anilines is 1. The van der Waals surface area contributed by atoms with E-state index in [2.05, 4.69) is 34.5 Å². The average Bonchev–Trinajstić information content (AvgIpc) is 2.65. The van der Waals surface area contributed by atoms with Crippen molar-refractivity contribution in [1.29, 1.82) is 0 Å². The molecule has 5 heteroatoms. The van der Waals surface area contributed by atoms with Crippen molar-refractivity contribution in [2.75, 3.05) is 31.6 Å². The fraction of sp³-hybridized carbons (Fsp3) is 0.650. The van der Waals surface area contributed by atoms with Crippen LogP contribution >= 0.6 is 0 Å². The minimum Gasteiger partial charge on any atom is -0.393 e. The van der Waals surface area contributed by atoms with E-state index in [-0.39, 0.29) is 24.1 Å². The Morgan fingerprint density at radius 2 is 1.84 bits per heavy atom. The monoisotopic (exact) mass is 345 g/mol. The van der Waals surface area contributed by atoms with E-state index < -0.39 is 0 Å². The zero-order valence-electron chi connectivity index (χ0n) is 15.2. The van der Waals surface area contributed by atoms with Crippen molar-refractivity contribution in [2.45, 2.75) is 50.7 Å². The second-order valence-electron chi connectivity index (χ2n) is 7.54. The topological polar surface area (TPSA) is 55.8 Å². The van der Waals surface area contributed by atoms with E-state index in [1.54, 1.807) is 4.90 Å². The smallest absolute Gasteiger partial charge is 0.317 e. The summed E-state index contributed by atoms with van der Waals surface area (Å²) in [5.74, 6) is 0.226. The lowest BCUT2D eigenvalue weighted by atomic mass is 9.86. The van der Waals surface area contributed by atoms with Crippen molar-refractivity contribution in [3.8, 4) is 0 Å². The molecule has 1 aromatic rings. The van der Waals surface area contributed by atoms with E-state index in [0.717, 1.165) is 51.6 Å². The van der Waals surface area contributed by atoms with Crippen LogP contribution in [0.1, 0.15) is 38.5 Å². The number of para-hydroxylation sites is 1. The molecule has 0 aromatic heterocycles. The molecule has 1 aromatic carbocycles. The van der Waals surface area contributed by atoms with Gasteiger partial charge in [0, 0.05) is 44.3 Å². The van der Waals surface area contributed by atoms with Gasteiger partial charge in [0.2, 0.25) is 0 Å². The minimum atomic E-state index is -0.252. The van der Waals surface area contributed by atoms with Crippen molar-refractivity contribution in [1.82, 2.24) is 10.2 Å². The number of urea groups is 1. The predicted octanol–water partition coefficient (Wildman–Crippen LogP) is 2.85. The van der Waals surface area contributed by atoms with Gasteiger partial charge in [-0.15, -0.1) is 0 Å². The lowest BCUT2D eigenvalue weighted by Crippen LogP contribution is -2.50. The number of nitrogens with one attached hydrogen (secondary N) is 1. The molecule has 2 atom stereocenters. The van der Waals surface area contributed by atoms with E-state index in [4.69, 9.17) is 0 Å². The molecule has 3 rings (SSSR count). The molecule has 25 heavy (non-hydrogen) atoms. The molecule has 0 radical (unpaired) electrons. The Morgan fingerprint density at radius 1 is 1.16 bits per heavy atom. The van der Waals surface area contributed by atoms with Crippen LogP contribution in [0.4, 0.5) is 10.5 Å². The summed E-state index contributed by atoms with van der Waals surface area (Å²) in [5.41, 5.74) is 1.26. The van der Waals surface area contributed by atoms with Gasteiger partial charge < -0.3 is 20.2 Å². The molecule has 2 N–H and O–H groups in total. The van der Waals surface area contributed by atoms with Crippen LogP contribution < -0.4 is 10.2 Å². The van der Waals surface area contributed by atoms with E-state index in [9.17, 15) is 9.90 Å². The first-order valence-electron chi connectivity index (χ1n) is 9.63. The van der Waals surface area contributed by atoms with Crippen LogP contribution in [0.5, 0.6) is 0 Å². The zero-order valence-corrected chi connectivity index (χ0v) is 15.2. The van der Waals surface area contributed by atoms with Gasteiger partial charge in [0.15, 0.2) is 0 Å². The van der Waals surface area contributed by atoms with Gasteiger partial charge in [0.1, 0.15) is 0 Å². The number of aliphatic hydroxyl groups excluding tert-OH is 1. The normalized spacial score (nSPS) is 24.8. The summed E-state index contributed by atoms with van der Waals surface area (Å²) < 4.78 is 0. The second-order valence-corrected chi connectivity index (χ2v) is 7.54. The number of hydrogen-bond acceptors (Lipinski definition) is 3. The summed E-state index contributed by atoms with van der Waals surface area (Å²) in [6.45, 7) is 2.59. The molecule has 2 aliphatic rings. The summed E-state index contributed by atoms with van der Waals surface area (Å²) in [4.78, 5) is 16.6. The zero-order chi connectivity index (χ0) is 17.6. The summed E-state index contributed by atoms with van der Waals surface area (Å²) in [7, 11) is 1.84. The third-order valence-electron chi connectivity index (χ3n) is 5.67. The van der Waals surface area contributed by atoms with Crippen molar-refractivity contribution < 1.29 is 9.90 Å². The molecule has 2 amide bonds. The highest BCUT2D eigenvalue weighted by Gasteiger charge is 2.27. The Morgan fingerprint density at radius 3 is 2.52 bits per heavy atom. The van der Waals surface area contributed by atoms with Gasteiger partial charge in [-0.2, -0.15) is 0 Å². The maximum absolute atomic E-state index is 12.5. The highest BCUT2D eigenvalue weighted by atomic mass is 16.3. The third kappa shape index (κ3) is 4.88. The maximum Gasteiger partial charge on any atom is 0.317 e. The van der Waals surface area contributed by atoms with Gasteiger partial charge in [-0.25, -0.2) is 4.79 Å². The van der Waals surface area contributed by atoms with Crippen LogP contribution in [0.15, 0.2) is 30.3 Å². The Labute approximate surface area is 151 Å². The largest absolute Gasteiger partial charge is 0.393 e. The SMILES string of the molecule is CN(C[C@@H]1CCCC[C@@H]1O)C(=O)NC1CCN(c2ccccc2)CC1. The number of rotatable bonds is 4. The molecule has 0 bridgehead atoms. The number of nitrogens with zero attached hydrogens (tertiary/aromatic N) is 2. The first kappa shape index (κ1) is 18.1. The Bertz CT molecular complexity index is 543. The lowest BCUT2D eigenvalue weighted by molar-refractivity contribution is 0.0562. The number of hydrogen-bond donors (Lipinski definition) is 2. The van der Waals surface area contributed by atoms with Gasteiger partial charge in [0.25, 0.3) is 0 Å². The lowest BCUT2D eigenvalue weighted by Gasteiger charge is -2.35. The van der Waals surface area contributed by atoms with Gasteiger partial charge in [-0.1, -0.05) is 31.0 Å². The molecule has 138 valence electrons. The average molecular weight is 345 g/mol. The molecule has 1 heterocycles. The van der Waals surface area contributed by atoms with Crippen molar-refractivity contribution in [3.63, 3.8) is 0 Å². The minimum absolute atomic E-state index is 0.00376.